The van der Waals surface area contributed by atoms with Crippen molar-refractivity contribution in [3.05, 3.63) is 59.7 Å². The molecule has 6 nitrogen and oxygen atoms in total. The van der Waals surface area contributed by atoms with E-state index < -0.39 is 10.0 Å². The molecule has 0 bridgehead atoms. The molecule has 2 rings (SSSR count). The summed E-state index contributed by atoms with van der Waals surface area (Å²) in [5, 5.41) is 2.77. The molecule has 2 aromatic rings. The predicted molar refractivity (Wildman–Crippen MR) is 112 cm³/mol. The third-order valence-corrected chi connectivity index (χ3v) is 5.40. The molecule has 0 aliphatic rings. The summed E-state index contributed by atoms with van der Waals surface area (Å²) in [7, 11) is -3.59. The van der Waals surface area contributed by atoms with Crippen LogP contribution in [0.2, 0.25) is 0 Å². The summed E-state index contributed by atoms with van der Waals surface area (Å²) in [6.07, 6.45) is 1.10. The average molecular weight is 405 g/mol. The first-order valence-corrected chi connectivity index (χ1v) is 11.1. The van der Waals surface area contributed by atoms with Crippen molar-refractivity contribution in [1.82, 2.24) is 5.32 Å². The fourth-order valence-corrected chi connectivity index (χ4v) is 3.54. The summed E-state index contributed by atoms with van der Waals surface area (Å²) < 4.78 is 30.9. The molecule has 0 heterocycles. The van der Waals surface area contributed by atoms with E-state index in [-0.39, 0.29) is 12.5 Å². The molecule has 0 atom stereocenters. The van der Waals surface area contributed by atoms with Gasteiger partial charge in [0, 0.05) is 6.54 Å². The Labute approximate surface area is 167 Å². The number of carbonyl (C=O) groups is 1. The van der Waals surface area contributed by atoms with Crippen molar-refractivity contribution in [1.29, 1.82) is 0 Å². The Morgan fingerprint density at radius 2 is 1.68 bits per heavy atom. The number of amides is 1. The second-order valence-corrected chi connectivity index (χ2v) is 8.78. The van der Waals surface area contributed by atoms with Crippen LogP contribution in [0.3, 0.4) is 0 Å². The molecule has 7 heteroatoms. The molecule has 152 valence electrons. The third kappa shape index (κ3) is 6.27. The van der Waals surface area contributed by atoms with Gasteiger partial charge >= 0.3 is 0 Å². The molecule has 1 amide bonds. The highest BCUT2D eigenvalue weighted by Crippen LogP contribution is 2.22. The molecule has 0 unspecified atom stereocenters. The summed E-state index contributed by atoms with van der Waals surface area (Å²) in [5.74, 6) is 0.746. The summed E-state index contributed by atoms with van der Waals surface area (Å²) >= 11 is 0. The number of rotatable bonds is 9. The standard InChI is InChI=1S/C21H28N2O4S/c1-5-27-20-12-6-17(7-13-20)14-22-21(24)15-23(28(4,25)26)19-10-8-18(9-11-19)16(2)3/h6-13,16H,5,14-15H2,1-4H3,(H,22,24). The Morgan fingerprint density at radius 1 is 1.07 bits per heavy atom. The molecule has 0 aliphatic heterocycles. The average Bonchev–Trinajstić information content (AvgIpc) is 2.65. The van der Waals surface area contributed by atoms with Crippen LogP contribution in [0.15, 0.2) is 48.5 Å². The summed E-state index contributed by atoms with van der Waals surface area (Å²) in [6.45, 7) is 6.69. The Morgan fingerprint density at radius 3 is 2.18 bits per heavy atom. The number of hydrogen-bond donors (Lipinski definition) is 1. The van der Waals surface area contributed by atoms with E-state index in [0.717, 1.165) is 27.4 Å². The van der Waals surface area contributed by atoms with Crippen LogP contribution in [0.5, 0.6) is 5.75 Å². The van der Waals surface area contributed by atoms with Gasteiger partial charge in [-0.1, -0.05) is 38.1 Å². The van der Waals surface area contributed by atoms with Crippen LogP contribution in [-0.4, -0.2) is 33.7 Å². The van der Waals surface area contributed by atoms with Gasteiger partial charge < -0.3 is 10.1 Å². The van der Waals surface area contributed by atoms with E-state index in [2.05, 4.69) is 19.2 Å². The Bertz CT molecular complexity index is 876. The van der Waals surface area contributed by atoms with Gasteiger partial charge in [0.05, 0.1) is 18.6 Å². The minimum atomic E-state index is -3.59. The zero-order chi connectivity index (χ0) is 20.7. The highest BCUT2D eigenvalue weighted by molar-refractivity contribution is 7.92. The number of benzene rings is 2. The fraction of sp³-hybridized carbons (Fsp3) is 0.381. The van der Waals surface area contributed by atoms with E-state index in [1.807, 2.05) is 43.3 Å². The maximum atomic E-state index is 12.3. The van der Waals surface area contributed by atoms with Gasteiger partial charge in [-0.2, -0.15) is 0 Å². The molecule has 0 saturated carbocycles. The molecule has 0 radical (unpaired) electrons. The molecular formula is C21H28N2O4S. The number of ether oxygens (including phenoxy) is 1. The topological polar surface area (TPSA) is 75.7 Å². The van der Waals surface area contributed by atoms with Gasteiger partial charge in [0.15, 0.2) is 0 Å². The SMILES string of the molecule is CCOc1ccc(CNC(=O)CN(c2ccc(C(C)C)cc2)S(C)(=O)=O)cc1. The molecule has 0 saturated heterocycles. The van der Waals surface area contributed by atoms with E-state index in [4.69, 9.17) is 4.74 Å². The smallest absolute Gasteiger partial charge is 0.241 e. The van der Waals surface area contributed by atoms with Crippen molar-refractivity contribution < 1.29 is 17.9 Å². The van der Waals surface area contributed by atoms with Crippen LogP contribution in [0.4, 0.5) is 5.69 Å². The van der Waals surface area contributed by atoms with E-state index in [9.17, 15) is 13.2 Å². The first kappa shape index (κ1) is 21.8. The van der Waals surface area contributed by atoms with Crippen LogP contribution in [0.25, 0.3) is 0 Å². The second kappa shape index (κ2) is 9.59. The van der Waals surface area contributed by atoms with Gasteiger partial charge in [-0.25, -0.2) is 8.42 Å². The molecule has 1 N–H and O–H groups in total. The van der Waals surface area contributed by atoms with Gasteiger partial charge in [0.2, 0.25) is 15.9 Å². The lowest BCUT2D eigenvalue weighted by atomic mass is 10.0. The van der Waals surface area contributed by atoms with E-state index in [1.165, 1.54) is 0 Å². The first-order valence-electron chi connectivity index (χ1n) is 9.26. The molecule has 0 aliphatic carbocycles. The highest BCUT2D eigenvalue weighted by Gasteiger charge is 2.20. The van der Waals surface area contributed by atoms with Crippen molar-refractivity contribution in [2.75, 3.05) is 23.7 Å². The predicted octanol–water partition coefficient (Wildman–Crippen LogP) is 3.29. The molecule has 0 aromatic heterocycles. The first-order chi connectivity index (χ1) is 13.2. The monoisotopic (exact) mass is 404 g/mol. The van der Waals surface area contributed by atoms with Crippen LogP contribution >= 0.6 is 0 Å². The van der Waals surface area contributed by atoms with Crippen molar-refractivity contribution >= 4 is 21.6 Å². The van der Waals surface area contributed by atoms with E-state index in [1.54, 1.807) is 12.1 Å². The number of sulfonamides is 1. The molecular weight excluding hydrogens is 376 g/mol. The summed E-state index contributed by atoms with van der Waals surface area (Å²) in [6, 6.07) is 14.6. The zero-order valence-corrected chi connectivity index (χ0v) is 17.6. The fourth-order valence-electron chi connectivity index (χ4n) is 2.68. The number of anilines is 1. The van der Waals surface area contributed by atoms with Crippen LogP contribution in [-0.2, 0) is 21.4 Å². The van der Waals surface area contributed by atoms with Gasteiger partial charge in [-0.15, -0.1) is 0 Å². The van der Waals surface area contributed by atoms with Crippen LogP contribution < -0.4 is 14.4 Å². The number of nitrogens with zero attached hydrogens (tertiary/aromatic N) is 1. The van der Waals surface area contributed by atoms with Gasteiger partial charge in [-0.05, 0) is 48.2 Å². The minimum Gasteiger partial charge on any atom is -0.494 e. The maximum absolute atomic E-state index is 12.3. The highest BCUT2D eigenvalue weighted by atomic mass is 32.2. The maximum Gasteiger partial charge on any atom is 0.241 e. The molecule has 2 aromatic carbocycles. The zero-order valence-electron chi connectivity index (χ0n) is 16.8. The van der Waals surface area contributed by atoms with Crippen LogP contribution in [0, 0.1) is 0 Å². The molecule has 0 spiro atoms. The lowest BCUT2D eigenvalue weighted by molar-refractivity contribution is -0.119. The summed E-state index contributed by atoms with van der Waals surface area (Å²) in [4.78, 5) is 12.3. The second-order valence-electron chi connectivity index (χ2n) is 6.87. The number of nitrogens with one attached hydrogen (secondary N) is 1. The minimum absolute atomic E-state index is 0.267. The Hall–Kier alpha value is -2.54. The Kier molecular flexibility index (Phi) is 7.45. The largest absolute Gasteiger partial charge is 0.494 e. The van der Waals surface area contributed by atoms with Crippen molar-refractivity contribution in [2.24, 2.45) is 0 Å². The van der Waals surface area contributed by atoms with Crippen molar-refractivity contribution in [3.63, 3.8) is 0 Å². The van der Waals surface area contributed by atoms with Gasteiger partial charge in [0.25, 0.3) is 0 Å². The van der Waals surface area contributed by atoms with Gasteiger partial charge in [0.1, 0.15) is 12.3 Å². The Balaban J connectivity index is 2.02. The molecule has 0 fully saturated rings. The van der Waals surface area contributed by atoms with Gasteiger partial charge in [-0.3, -0.25) is 9.10 Å². The van der Waals surface area contributed by atoms with Crippen molar-refractivity contribution in [3.8, 4) is 5.75 Å². The lowest BCUT2D eigenvalue weighted by Crippen LogP contribution is -2.40. The number of hydrogen-bond acceptors (Lipinski definition) is 4. The molecule has 28 heavy (non-hydrogen) atoms. The van der Waals surface area contributed by atoms with Crippen molar-refractivity contribution in [2.45, 2.75) is 33.2 Å². The summed E-state index contributed by atoms with van der Waals surface area (Å²) in [5.41, 5.74) is 2.49. The number of carbonyl (C=O) groups excluding carboxylic acids is 1. The third-order valence-electron chi connectivity index (χ3n) is 4.26. The van der Waals surface area contributed by atoms with Crippen LogP contribution in [0.1, 0.15) is 37.8 Å². The lowest BCUT2D eigenvalue weighted by Gasteiger charge is -2.22. The quantitative estimate of drug-likeness (QED) is 0.696. The van der Waals surface area contributed by atoms with E-state index in [0.29, 0.717) is 24.8 Å². The van der Waals surface area contributed by atoms with E-state index >= 15 is 0 Å². The normalized spacial score (nSPS) is 11.3.